The minimum absolute atomic E-state index is 0.528. The van der Waals surface area contributed by atoms with E-state index in [-0.39, 0.29) is 0 Å². The Hall–Kier alpha value is -1.69. The van der Waals surface area contributed by atoms with Gasteiger partial charge in [-0.2, -0.15) is 5.26 Å². The number of nitrogens with two attached hydrogens (primary N) is 1. The fourth-order valence-corrected chi connectivity index (χ4v) is 2.68. The summed E-state index contributed by atoms with van der Waals surface area (Å²) in [6.07, 6.45) is 6.51. The van der Waals surface area contributed by atoms with Gasteiger partial charge in [0.1, 0.15) is 6.07 Å². The Kier molecular flexibility index (Phi) is 4.09. The van der Waals surface area contributed by atoms with Crippen LogP contribution >= 0.6 is 0 Å². The summed E-state index contributed by atoms with van der Waals surface area (Å²) in [6.45, 7) is 2.32. The molecule has 96 valence electrons. The Morgan fingerprint density at radius 3 is 2.78 bits per heavy atom. The summed E-state index contributed by atoms with van der Waals surface area (Å²) in [5, 5.41) is 12.4. The Labute approximate surface area is 109 Å². The summed E-state index contributed by atoms with van der Waals surface area (Å²) in [5.41, 5.74) is 7.98. The monoisotopic (exact) mass is 243 g/mol. The maximum absolute atomic E-state index is 8.86. The number of hydrogen-bond donors (Lipinski definition) is 2. The van der Waals surface area contributed by atoms with Gasteiger partial charge < -0.3 is 11.1 Å². The van der Waals surface area contributed by atoms with Gasteiger partial charge in [0.2, 0.25) is 0 Å². The van der Waals surface area contributed by atoms with E-state index in [4.69, 9.17) is 11.0 Å². The standard InChI is InChI=1S/C15H21N3/c1-11-5-3-2-4-6-15(11)18-13-8-7-12(10-16)14(17)9-13/h7-9,11,15,18H,2-6,17H2,1H3. The summed E-state index contributed by atoms with van der Waals surface area (Å²) >= 11 is 0. The second kappa shape index (κ2) is 5.77. The van der Waals surface area contributed by atoms with E-state index in [1.807, 2.05) is 12.1 Å². The van der Waals surface area contributed by atoms with Crippen molar-refractivity contribution < 1.29 is 0 Å². The molecule has 0 radical (unpaired) electrons. The lowest BCUT2D eigenvalue weighted by Crippen LogP contribution is -2.26. The summed E-state index contributed by atoms with van der Waals surface area (Å²) in [7, 11) is 0. The van der Waals surface area contributed by atoms with Gasteiger partial charge >= 0.3 is 0 Å². The minimum atomic E-state index is 0.528. The maximum atomic E-state index is 8.86. The van der Waals surface area contributed by atoms with Crippen molar-refractivity contribution in [1.82, 2.24) is 0 Å². The van der Waals surface area contributed by atoms with E-state index in [2.05, 4.69) is 18.3 Å². The first-order chi connectivity index (χ1) is 8.70. The van der Waals surface area contributed by atoms with Crippen molar-refractivity contribution in [1.29, 1.82) is 5.26 Å². The van der Waals surface area contributed by atoms with Crippen molar-refractivity contribution in [2.45, 2.75) is 45.1 Å². The molecule has 0 spiro atoms. The fraction of sp³-hybridized carbons (Fsp3) is 0.533. The molecule has 0 bridgehead atoms. The molecule has 1 aromatic rings. The zero-order chi connectivity index (χ0) is 13.0. The van der Waals surface area contributed by atoms with Crippen LogP contribution < -0.4 is 11.1 Å². The number of nitrogens with zero attached hydrogens (tertiary/aromatic N) is 1. The second-order valence-corrected chi connectivity index (χ2v) is 5.28. The topological polar surface area (TPSA) is 61.8 Å². The molecule has 2 unspecified atom stereocenters. The molecular formula is C15H21N3. The van der Waals surface area contributed by atoms with Gasteiger partial charge in [0.05, 0.1) is 11.3 Å². The van der Waals surface area contributed by atoms with E-state index in [1.54, 1.807) is 6.07 Å². The van der Waals surface area contributed by atoms with Gasteiger partial charge in [-0.05, 0) is 37.0 Å². The zero-order valence-electron chi connectivity index (χ0n) is 10.9. The molecule has 0 amide bonds. The Balaban J connectivity index is 2.08. The molecule has 3 heteroatoms. The number of benzene rings is 1. The van der Waals surface area contributed by atoms with Crippen LogP contribution in [0, 0.1) is 17.2 Å². The normalized spacial score (nSPS) is 24.0. The quantitative estimate of drug-likeness (QED) is 0.617. The van der Waals surface area contributed by atoms with E-state index >= 15 is 0 Å². The lowest BCUT2D eigenvalue weighted by molar-refractivity contribution is 0.457. The second-order valence-electron chi connectivity index (χ2n) is 5.28. The molecule has 1 aromatic carbocycles. The first kappa shape index (κ1) is 12.8. The van der Waals surface area contributed by atoms with Gasteiger partial charge in [-0.1, -0.05) is 26.2 Å². The molecule has 1 saturated carbocycles. The molecule has 3 nitrogen and oxygen atoms in total. The average Bonchev–Trinajstić information content (AvgIpc) is 2.55. The number of anilines is 2. The van der Waals surface area contributed by atoms with Gasteiger partial charge in [0.15, 0.2) is 0 Å². The largest absolute Gasteiger partial charge is 0.398 e. The predicted octanol–water partition coefficient (Wildman–Crippen LogP) is 3.52. The lowest BCUT2D eigenvalue weighted by Gasteiger charge is -2.24. The molecule has 1 aliphatic rings. The van der Waals surface area contributed by atoms with Crippen LogP contribution in [0.1, 0.15) is 44.6 Å². The molecule has 1 fully saturated rings. The number of nitriles is 1. The lowest BCUT2D eigenvalue weighted by atomic mass is 9.96. The van der Waals surface area contributed by atoms with Gasteiger partial charge in [-0.25, -0.2) is 0 Å². The van der Waals surface area contributed by atoms with Crippen LogP contribution in [0.4, 0.5) is 11.4 Å². The molecule has 18 heavy (non-hydrogen) atoms. The van der Waals surface area contributed by atoms with Crippen LogP contribution in [0.2, 0.25) is 0 Å². The minimum Gasteiger partial charge on any atom is -0.398 e. The molecule has 0 aromatic heterocycles. The highest BCUT2D eigenvalue weighted by Gasteiger charge is 2.19. The molecule has 3 N–H and O–H groups in total. The number of nitrogen functional groups attached to an aromatic ring is 1. The third-order valence-corrected chi connectivity index (χ3v) is 3.89. The predicted molar refractivity (Wildman–Crippen MR) is 75.2 cm³/mol. The first-order valence-electron chi connectivity index (χ1n) is 6.77. The smallest absolute Gasteiger partial charge is 0.101 e. The van der Waals surface area contributed by atoms with E-state index < -0.39 is 0 Å². The number of hydrogen-bond acceptors (Lipinski definition) is 3. The Morgan fingerprint density at radius 1 is 1.28 bits per heavy atom. The fourth-order valence-electron chi connectivity index (χ4n) is 2.68. The van der Waals surface area contributed by atoms with Crippen molar-refractivity contribution in [3.8, 4) is 6.07 Å². The summed E-state index contributed by atoms with van der Waals surface area (Å²) in [6, 6.07) is 8.23. The van der Waals surface area contributed by atoms with Crippen molar-refractivity contribution in [3.05, 3.63) is 23.8 Å². The van der Waals surface area contributed by atoms with Crippen LogP contribution in [0.25, 0.3) is 0 Å². The molecule has 0 heterocycles. The zero-order valence-corrected chi connectivity index (χ0v) is 10.9. The first-order valence-corrected chi connectivity index (χ1v) is 6.77. The Morgan fingerprint density at radius 2 is 2.06 bits per heavy atom. The van der Waals surface area contributed by atoms with E-state index in [0.717, 1.165) is 5.69 Å². The van der Waals surface area contributed by atoms with Crippen LogP contribution in [-0.2, 0) is 0 Å². The third-order valence-electron chi connectivity index (χ3n) is 3.89. The van der Waals surface area contributed by atoms with Gasteiger partial charge in [0, 0.05) is 11.7 Å². The van der Waals surface area contributed by atoms with Gasteiger partial charge in [-0.3, -0.25) is 0 Å². The molecule has 0 aliphatic heterocycles. The summed E-state index contributed by atoms with van der Waals surface area (Å²) in [5.74, 6) is 0.698. The molecule has 2 atom stereocenters. The van der Waals surface area contributed by atoms with Crippen molar-refractivity contribution in [3.63, 3.8) is 0 Å². The van der Waals surface area contributed by atoms with E-state index in [9.17, 15) is 0 Å². The van der Waals surface area contributed by atoms with Crippen LogP contribution in [0.3, 0.4) is 0 Å². The highest BCUT2D eigenvalue weighted by molar-refractivity contribution is 5.62. The molecule has 1 aliphatic carbocycles. The van der Waals surface area contributed by atoms with Gasteiger partial charge in [0.25, 0.3) is 0 Å². The van der Waals surface area contributed by atoms with Crippen molar-refractivity contribution in [2.75, 3.05) is 11.1 Å². The van der Waals surface area contributed by atoms with E-state index in [1.165, 1.54) is 32.1 Å². The summed E-state index contributed by atoms with van der Waals surface area (Å²) < 4.78 is 0. The Bertz CT molecular complexity index is 448. The van der Waals surface area contributed by atoms with E-state index in [0.29, 0.717) is 23.2 Å². The van der Waals surface area contributed by atoms with Gasteiger partial charge in [-0.15, -0.1) is 0 Å². The summed E-state index contributed by atoms with van der Waals surface area (Å²) in [4.78, 5) is 0. The third kappa shape index (κ3) is 2.95. The highest BCUT2D eigenvalue weighted by atomic mass is 14.9. The van der Waals surface area contributed by atoms with Crippen LogP contribution in [0.15, 0.2) is 18.2 Å². The van der Waals surface area contributed by atoms with Crippen molar-refractivity contribution >= 4 is 11.4 Å². The molecule has 2 rings (SSSR count). The maximum Gasteiger partial charge on any atom is 0.101 e. The molecular weight excluding hydrogens is 222 g/mol. The molecule has 0 saturated heterocycles. The highest BCUT2D eigenvalue weighted by Crippen LogP contribution is 2.27. The van der Waals surface area contributed by atoms with Crippen LogP contribution in [-0.4, -0.2) is 6.04 Å². The van der Waals surface area contributed by atoms with Crippen LogP contribution in [0.5, 0.6) is 0 Å². The number of nitrogens with one attached hydrogen (secondary N) is 1. The van der Waals surface area contributed by atoms with Crippen molar-refractivity contribution in [2.24, 2.45) is 5.92 Å². The SMILES string of the molecule is CC1CCCCCC1Nc1ccc(C#N)c(N)c1. The average molecular weight is 243 g/mol. The number of rotatable bonds is 2.